The highest BCUT2D eigenvalue weighted by Crippen LogP contribution is 2.34. The van der Waals surface area contributed by atoms with E-state index in [0.717, 1.165) is 22.2 Å². The topological polar surface area (TPSA) is 72.9 Å². The minimum absolute atomic E-state index is 0.228. The Labute approximate surface area is 171 Å². The Bertz CT molecular complexity index is 956. The molecule has 1 fully saturated rings. The first kappa shape index (κ1) is 20.6. The molecule has 0 unspecified atom stereocenters. The number of imide groups is 1. The van der Waals surface area contributed by atoms with E-state index in [1.807, 2.05) is 0 Å². The number of nitrogens with zero attached hydrogens (tertiary/aromatic N) is 1. The molecule has 1 saturated heterocycles. The molecule has 2 aromatic carbocycles. The standard InChI is InChI=1S/C21H18FNO5S/c1-13(20(25)27-2)23-19(24)18(29-21(23)26)11-14-5-9-17(10-6-14)28-12-15-3-7-16(22)8-4-15/h3-11,13H,12H2,1-2H3/b18-11+/t13-/m0/s1. The highest BCUT2D eigenvalue weighted by Gasteiger charge is 2.41. The monoisotopic (exact) mass is 415 g/mol. The molecule has 6 nitrogen and oxygen atoms in total. The molecule has 2 amide bonds. The normalized spacial score (nSPS) is 16.2. The quantitative estimate of drug-likeness (QED) is 0.525. The summed E-state index contributed by atoms with van der Waals surface area (Å²) in [6.07, 6.45) is 1.58. The molecule has 0 aliphatic carbocycles. The van der Waals surface area contributed by atoms with Gasteiger partial charge in [-0.2, -0.15) is 0 Å². The maximum absolute atomic E-state index is 12.9. The van der Waals surface area contributed by atoms with Crippen LogP contribution in [0.4, 0.5) is 9.18 Å². The Hall–Kier alpha value is -3.13. The van der Waals surface area contributed by atoms with Gasteiger partial charge in [0.2, 0.25) is 0 Å². The summed E-state index contributed by atoms with van der Waals surface area (Å²) in [4.78, 5) is 37.4. The fourth-order valence-electron chi connectivity index (χ4n) is 2.65. The Morgan fingerprint density at radius 2 is 1.79 bits per heavy atom. The molecule has 1 aliphatic heterocycles. The van der Waals surface area contributed by atoms with Gasteiger partial charge in [0.25, 0.3) is 11.1 Å². The van der Waals surface area contributed by atoms with Gasteiger partial charge in [-0.1, -0.05) is 24.3 Å². The molecule has 0 radical (unpaired) electrons. The third-order valence-electron chi connectivity index (χ3n) is 4.25. The van der Waals surface area contributed by atoms with Crippen molar-refractivity contribution in [2.24, 2.45) is 0 Å². The molecule has 0 N–H and O–H groups in total. The van der Waals surface area contributed by atoms with Crippen LogP contribution >= 0.6 is 11.8 Å². The first-order valence-electron chi connectivity index (χ1n) is 8.71. The number of amides is 2. The molecular formula is C21H18FNO5S. The second kappa shape index (κ2) is 8.91. The highest BCUT2D eigenvalue weighted by molar-refractivity contribution is 8.18. The van der Waals surface area contributed by atoms with Gasteiger partial charge in [0.15, 0.2) is 0 Å². The Balaban J connectivity index is 1.66. The van der Waals surface area contributed by atoms with Crippen molar-refractivity contribution in [2.75, 3.05) is 7.11 Å². The maximum Gasteiger partial charge on any atom is 0.328 e. The maximum atomic E-state index is 12.9. The summed E-state index contributed by atoms with van der Waals surface area (Å²) in [7, 11) is 1.20. The Morgan fingerprint density at radius 1 is 1.14 bits per heavy atom. The van der Waals surface area contributed by atoms with E-state index in [2.05, 4.69) is 4.74 Å². The predicted octanol–water partition coefficient (Wildman–Crippen LogP) is 4.00. The lowest BCUT2D eigenvalue weighted by atomic mass is 10.2. The molecule has 8 heteroatoms. The molecular weight excluding hydrogens is 397 g/mol. The highest BCUT2D eigenvalue weighted by atomic mass is 32.2. The number of hydrogen-bond acceptors (Lipinski definition) is 6. The Morgan fingerprint density at radius 3 is 2.41 bits per heavy atom. The van der Waals surface area contributed by atoms with Crippen LogP contribution in [0.2, 0.25) is 0 Å². The lowest BCUT2D eigenvalue weighted by Crippen LogP contribution is -2.42. The number of benzene rings is 2. The summed E-state index contributed by atoms with van der Waals surface area (Å²) >= 11 is 0.775. The van der Waals surface area contributed by atoms with Crippen molar-refractivity contribution in [3.63, 3.8) is 0 Å². The molecule has 150 valence electrons. The van der Waals surface area contributed by atoms with Crippen LogP contribution in [0.5, 0.6) is 5.75 Å². The summed E-state index contributed by atoms with van der Waals surface area (Å²) in [6.45, 7) is 1.74. The van der Waals surface area contributed by atoms with Crippen LogP contribution in [-0.4, -0.2) is 35.2 Å². The molecule has 1 heterocycles. The van der Waals surface area contributed by atoms with E-state index in [4.69, 9.17) is 4.74 Å². The van der Waals surface area contributed by atoms with Gasteiger partial charge in [-0.05, 0) is 60.2 Å². The summed E-state index contributed by atoms with van der Waals surface area (Å²) in [5.74, 6) is -0.881. The Kier molecular flexibility index (Phi) is 6.33. The number of rotatable bonds is 6. The molecule has 29 heavy (non-hydrogen) atoms. The van der Waals surface area contributed by atoms with Crippen LogP contribution in [0, 0.1) is 5.82 Å². The molecule has 0 spiro atoms. The minimum atomic E-state index is -0.986. The summed E-state index contributed by atoms with van der Waals surface area (Å²) in [5.41, 5.74) is 1.54. The SMILES string of the molecule is COC(=O)[C@H](C)N1C(=O)S/C(=C/c2ccc(OCc3ccc(F)cc3)cc2)C1=O. The number of methoxy groups -OCH3 is 1. The first-order chi connectivity index (χ1) is 13.9. The zero-order valence-corrected chi connectivity index (χ0v) is 16.6. The number of carbonyl (C=O) groups is 3. The van der Waals surface area contributed by atoms with Gasteiger partial charge in [-0.15, -0.1) is 0 Å². The van der Waals surface area contributed by atoms with Crippen molar-refractivity contribution in [1.29, 1.82) is 0 Å². The third kappa shape index (κ3) is 4.83. The van der Waals surface area contributed by atoms with Gasteiger partial charge in [0.1, 0.15) is 24.2 Å². The van der Waals surface area contributed by atoms with Gasteiger partial charge in [0, 0.05) is 0 Å². The van der Waals surface area contributed by atoms with Crippen LogP contribution in [-0.2, 0) is 20.9 Å². The van der Waals surface area contributed by atoms with Crippen molar-refractivity contribution >= 4 is 35.0 Å². The molecule has 2 aromatic rings. The van der Waals surface area contributed by atoms with Gasteiger partial charge in [0.05, 0.1) is 12.0 Å². The number of halogens is 1. The van der Waals surface area contributed by atoms with Crippen molar-refractivity contribution < 1.29 is 28.2 Å². The lowest BCUT2D eigenvalue weighted by Gasteiger charge is -2.18. The summed E-state index contributed by atoms with van der Waals surface area (Å²) in [5, 5.41) is -0.515. The van der Waals surface area contributed by atoms with E-state index in [1.165, 1.54) is 26.2 Å². The van der Waals surface area contributed by atoms with E-state index in [9.17, 15) is 18.8 Å². The second-order valence-electron chi connectivity index (χ2n) is 6.24. The molecule has 3 rings (SSSR count). The molecule has 0 saturated carbocycles. The van der Waals surface area contributed by atoms with Gasteiger partial charge in [-0.3, -0.25) is 14.5 Å². The van der Waals surface area contributed by atoms with Gasteiger partial charge in [-0.25, -0.2) is 9.18 Å². The molecule has 1 aliphatic rings. The first-order valence-corrected chi connectivity index (χ1v) is 9.53. The number of thioether (sulfide) groups is 1. The van der Waals surface area contributed by atoms with Crippen LogP contribution in [0.3, 0.4) is 0 Å². The number of ether oxygens (including phenoxy) is 2. The van der Waals surface area contributed by atoms with Crippen molar-refractivity contribution in [3.05, 3.63) is 70.4 Å². The summed E-state index contributed by atoms with van der Waals surface area (Å²) in [6, 6.07) is 12.0. The second-order valence-corrected chi connectivity index (χ2v) is 7.23. The smallest absolute Gasteiger partial charge is 0.328 e. The number of esters is 1. The largest absolute Gasteiger partial charge is 0.489 e. The number of carbonyl (C=O) groups excluding carboxylic acids is 3. The minimum Gasteiger partial charge on any atom is -0.489 e. The summed E-state index contributed by atoms with van der Waals surface area (Å²) < 4.78 is 23.2. The van der Waals surface area contributed by atoms with Crippen molar-refractivity contribution in [1.82, 2.24) is 4.90 Å². The zero-order chi connectivity index (χ0) is 21.0. The molecule has 0 aromatic heterocycles. The van der Waals surface area contributed by atoms with E-state index in [1.54, 1.807) is 42.5 Å². The van der Waals surface area contributed by atoms with Crippen molar-refractivity contribution in [2.45, 2.75) is 19.6 Å². The lowest BCUT2D eigenvalue weighted by molar-refractivity contribution is -0.148. The van der Waals surface area contributed by atoms with Gasteiger partial charge < -0.3 is 9.47 Å². The van der Waals surface area contributed by atoms with Crippen LogP contribution in [0.15, 0.2) is 53.4 Å². The van der Waals surface area contributed by atoms with Crippen molar-refractivity contribution in [3.8, 4) is 5.75 Å². The number of hydrogen-bond donors (Lipinski definition) is 0. The van der Waals surface area contributed by atoms with E-state index < -0.39 is 23.2 Å². The van der Waals surface area contributed by atoms with E-state index in [-0.39, 0.29) is 10.7 Å². The molecule has 0 bridgehead atoms. The average Bonchev–Trinajstić information content (AvgIpc) is 3.00. The fourth-order valence-corrected chi connectivity index (χ4v) is 3.56. The van der Waals surface area contributed by atoms with Crippen LogP contribution < -0.4 is 4.74 Å². The van der Waals surface area contributed by atoms with Gasteiger partial charge >= 0.3 is 5.97 Å². The van der Waals surface area contributed by atoms with Crippen LogP contribution in [0.1, 0.15) is 18.1 Å². The average molecular weight is 415 g/mol. The fraction of sp³-hybridized carbons (Fsp3) is 0.190. The predicted molar refractivity (Wildman–Crippen MR) is 106 cm³/mol. The van der Waals surface area contributed by atoms with Crippen LogP contribution in [0.25, 0.3) is 6.08 Å². The zero-order valence-electron chi connectivity index (χ0n) is 15.8. The molecule has 1 atom stereocenters. The van der Waals surface area contributed by atoms with E-state index in [0.29, 0.717) is 17.9 Å². The van der Waals surface area contributed by atoms with E-state index >= 15 is 0 Å². The third-order valence-corrected chi connectivity index (χ3v) is 5.13.